The maximum absolute atomic E-state index is 13.6. The number of nitrogens with two attached hydrogens (primary N) is 1. The Balaban J connectivity index is 2.42. The standard InChI is InChI=1S/C11H9BrF2N2S/c12-10-4-3-9(17-10)11(16-15)7-2-1-6(13)5-8(7)14/h1-5,11,16H,15H2. The van der Waals surface area contributed by atoms with E-state index in [0.29, 0.717) is 5.56 Å². The van der Waals surface area contributed by atoms with E-state index in [0.717, 1.165) is 14.7 Å². The predicted molar refractivity (Wildman–Crippen MR) is 67.5 cm³/mol. The largest absolute Gasteiger partial charge is 0.271 e. The molecule has 0 amide bonds. The van der Waals surface area contributed by atoms with Gasteiger partial charge >= 0.3 is 0 Å². The maximum Gasteiger partial charge on any atom is 0.131 e. The molecule has 1 heterocycles. The molecule has 0 saturated heterocycles. The molecule has 2 rings (SSSR count). The molecule has 2 aromatic rings. The fourth-order valence-electron chi connectivity index (χ4n) is 1.54. The second-order valence-electron chi connectivity index (χ2n) is 3.41. The molecule has 90 valence electrons. The number of hydrazine groups is 1. The highest BCUT2D eigenvalue weighted by atomic mass is 79.9. The van der Waals surface area contributed by atoms with Crippen LogP contribution >= 0.6 is 27.3 Å². The van der Waals surface area contributed by atoms with Crippen molar-refractivity contribution in [1.29, 1.82) is 0 Å². The number of thiophene rings is 1. The van der Waals surface area contributed by atoms with Crippen molar-refractivity contribution in [2.24, 2.45) is 5.84 Å². The third kappa shape index (κ3) is 2.71. The minimum Gasteiger partial charge on any atom is -0.271 e. The van der Waals surface area contributed by atoms with Gasteiger partial charge in [-0.1, -0.05) is 6.07 Å². The topological polar surface area (TPSA) is 38.0 Å². The Hall–Kier alpha value is -0.820. The van der Waals surface area contributed by atoms with Gasteiger partial charge in [-0.3, -0.25) is 5.84 Å². The predicted octanol–water partition coefficient (Wildman–Crippen LogP) is 3.34. The summed E-state index contributed by atoms with van der Waals surface area (Å²) >= 11 is 4.77. The molecule has 0 bridgehead atoms. The summed E-state index contributed by atoms with van der Waals surface area (Å²) in [6, 6.07) is 6.66. The van der Waals surface area contributed by atoms with E-state index >= 15 is 0 Å². The van der Waals surface area contributed by atoms with Crippen molar-refractivity contribution in [3.63, 3.8) is 0 Å². The first-order valence-corrected chi connectivity index (χ1v) is 6.39. The van der Waals surface area contributed by atoms with Gasteiger partial charge in [-0.25, -0.2) is 14.2 Å². The number of hydrogen-bond acceptors (Lipinski definition) is 3. The van der Waals surface area contributed by atoms with Crippen LogP contribution in [0.15, 0.2) is 34.1 Å². The summed E-state index contributed by atoms with van der Waals surface area (Å²) in [4.78, 5) is 0.852. The highest BCUT2D eigenvalue weighted by Crippen LogP contribution is 2.31. The van der Waals surface area contributed by atoms with Crippen LogP contribution in [0.4, 0.5) is 8.78 Å². The lowest BCUT2D eigenvalue weighted by atomic mass is 10.1. The first-order chi connectivity index (χ1) is 8.11. The molecule has 2 nitrogen and oxygen atoms in total. The highest BCUT2D eigenvalue weighted by Gasteiger charge is 2.18. The van der Waals surface area contributed by atoms with E-state index in [1.807, 2.05) is 12.1 Å². The number of halogens is 3. The Bertz CT molecular complexity index is 530. The van der Waals surface area contributed by atoms with Gasteiger partial charge < -0.3 is 0 Å². The fraction of sp³-hybridized carbons (Fsp3) is 0.0909. The maximum atomic E-state index is 13.6. The summed E-state index contributed by atoms with van der Waals surface area (Å²) in [5, 5.41) is 0. The number of nitrogens with one attached hydrogen (secondary N) is 1. The van der Waals surface area contributed by atoms with Crippen molar-refractivity contribution < 1.29 is 8.78 Å². The molecule has 0 aliphatic carbocycles. The van der Waals surface area contributed by atoms with Crippen molar-refractivity contribution in [3.05, 3.63) is 56.2 Å². The molecule has 0 aliphatic heterocycles. The van der Waals surface area contributed by atoms with Crippen LogP contribution < -0.4 is 11.3 Å². The quantitative estimate of drug-likeness (QED) is 0.673. The zero-order chi connectivity index (χ0) is 12.4. The molecule has 1 aromatic carbocycles. The van der Waals surface area contributed by atoms with E-state index in [-0.39, 0.29) is 0 Å². The van der Waals surface area contributed by atoms with Gasteiger partial charge in [-0.2, -0.15) is 0 Å². The van der Waals surface area contributed by atoms with Crippen molar-refractivity contribution in [3.8, 4) is 0 Å². The summed E-state index contributed by atoms with van der Waals surface area (Å²) in [6.45, 7) is 0. The molecule has 1 unspecified atom stereocenters. The Labute approximate surface area is 110 Å². The van der Waals surface area contributed by atoms with Crippen LogP contribution in [-0.2, 0) is 0 Å². The van der Waals surface area contributed by atoms with Gasteiger partial charge in [0.05, 0.1) is 9.83 Å². The first kappa shape index (κ1) is 12.6. The minimum absolute atomic E-state index is 0.322. The lowest BCUT2D eigenvalue weighted by Crippen LogP contribution is -2.28. The summed E-state index contributed by atoms with van der Waals surface area (Å²) in [5.74, 6) is 4.22. The highest BCUT2D eigenvalue weighted by molar-refractivity contribution is 9.11. The van der Waals surface area contributed by atoms with Gasteiger partial charge in [0, 0.05) is 16.5 Å². The van der Waals surface area contributed by atoms with Gasteiger partial charge in [0.2, 0.25) is 0 Å². The van der Waals surface area contributed by atoms with Crippen LogP contribution in [0, 0.1) is 11.6 Å². The van der Waals surface area contributed by atoms with E-state index < -0.39 is 17.7 Å². The average molecular weight is 319 g/mol. The summed E-state index contributed by atoms with van der Waals surface area (Å²) in [6.07, 6.45) is 0. The summed E-state index contributed by atoms with van der Waals surface area (Å²) in [7, 11) is 0. The SMILES string of the molecule is NNC(c1ccc(Br)s1)c1ccc(F)cc1F. The first-order valence-electron chi connectivity index (χ1n) is 4.78. The van der Waals surface area contributed by atoms with Crippen LogP contribution in [0.1, 0.15) is 16.5 Å². The third-order valence-electron chi connectivity index (χ3n) is 2.32. The van der Waals surface area contributed by atoms with Crippen LogP contribution in [0.3, 0.4) is 0 Å². The van der Waals surface area contributed by atoms with Gasteiger partial charge in [0.1, 0.15) is 11.6 Å². The van der Waals surface area contributed by atoms with Crippen LogP contribution in [0.2, 0.25) is 0 Å². The Kier molecular flexibility index (Phi) is 3.88. The minimum atomic E-state index is -0.613. The molecule has 0 fully saturated rings. The van der Waals surface area contributed by atoms with Crippen molar-refractivity contribution in [2.75, 3.05) is 0 Å². The van der Waals surface area contributed by atoms with Crippen molar-refractivity contribution >= 4 is 27.3 Å². The Morgan fingerprint density at radius 2 is 2.00 bits per heavy atom. The van der Waals surface area contributed by atoms with Crippen LogP contribution in [0.5, 0.6) is 0 Å². The molecule has 1 atom stereocenters. The smallest absolute Gasteiger partial charge is 0.131 e. The van der Waals surface area contributed by atoms with E-state index in [1.54, 1.807) is 0 Å². The summed E-state index contributed by atoms with van der Waals surface area (Å²) in [5.41, 5.74) is 2.86. The Morgan fingerprint density at radius 1 is 1.24 bits per heavy atom. The molecule has 3 N–H and O–H groups in total. The molecule has 6 heteroatoms. The molecule has 17 heavy (non-hydrogen) atoms. The van der Waals surface area contributed by atoms with Crippen LogP contribution in [0.25, 0.3) is 0 Å². The van der Waals surface area contributed by atoms with Gasteiger partial charge in [0.15, 0.2) is 0 Å². The molecular formula is C11H9BrF2N2S. The van der Waals surface area contributed by atoms with Gasteiger partial charge in [-0.05, 0) is 34.1 Å². The zero-order valence-corrected chi connectivity index (χ0v) is 11.0. The molecule has 0 aliphatic rings. The molecular weight excluding hydrogens is 310 g/mol. The van der Waals surface area contributed by atoms with E-state index in [9.17, 15) is 8.78 Å². The Morgan fingerprint density at radius 3 is 2.53 bits per heavy atom. The second-order valence-corrected chi connectivity index (χ2v) is 5.90. The van der Waals surface area contributed by atoms with Gasteiger partial charge in [0.25, 0.3) is 0 Å². The number of hydrogen-bond donors (Lipinski definition) is 2. The lowest BCUT2D eigenvalue weighted by molar-refractivity contribution is 0.544. The number of benzene rings is 1. The molecule has 0 radical (unpaired) electrons. The fourth-order valence-corrected chi connectivity index (χ4v) is 3.05. The summed E-state index contributed by atoms with van der Waals surface area (Å²) < 4.78 is 27.4. The zero-order valence-electron chi connectivity index (χ0n) is 8.58. The third-order valence-corrected chi connectivity index (χ3v) is 4.01. The molecule has 1 aromatic heterocycles. The van der Waals surface area contributed by atoms with Crippen molar-refractivity contribution in [2.45, 2.75) is 6.04 Å². The van der Waals surface area contributed by atoms with E-state index in [2.05, 4.69) is 21.4 Å². The van der Waals surface area contributed by atoms with Crippen LogP contribution in [-0.4, -0.2) is 0 Å². The monoisotopic (exact) mass is 318 g/mol. The average Bonchev–Trinajstić information content (AvgIpc) is 2.69. The number of rotatable bonds is 3. The van der Waals surface area contributed by atoms with E-state index in [1.165, 1.54) is 23.5 Å². The normalized spacial score (nSPS) is 12.7. The lowest BCUT2D eigenvalue weighted by Gasteiger charge is -2.15. The van der Waals surface area contributed by atoms with E-state index in [4.69, 9.17) is 5.84 Å². The van der Waals surface area contributed by atoms with Gasteiger partial charge in [-0.15, -0.1) is 11.3 Å². The molecule has 0 saturated carbocycles. The van der Waals surface area contributed by atoms with Crippen molar-refractivity contribution in [1.82, 2.24) is 5.43 Å². The second kappa shape index (κ2) is 5.22. The molecule has 0 spiro atoms.